The number of anilines is 1. The molecule has 0 unspecified atom stereocenters. The van der Waals surface area contributed by atoms with E-state index >= 15 is 0 Å². The Morgan fingerprint density at radius 2 is 1.68 bits per heavy atom. The van der Waals surface area contributed by atoms with Crippen LogP contribution in [0.25, 0.3) is 0 Å². The smallest absolute Gasteiger partial charge is 0.270 e. The summed E-state index contributed by atoms with van der Waals surface area (Å²) >= 11 is 1.40. The van der Waals surface area contributed by atoms with E-state index in [4.69, 9.17) is 0 Å². The van der Waals surface area contributed by atoms with Crippen LogP contribution < -0.4 is 10.3 Å². The first-order valence-corrected chi connectivity index (χ1v) is 9.75. The minimum absolute atomic E-state index is 0.142. The van der Waals surface area contributed by atoms with Crippen LogP contribution in [0.2, 0.25) is 0 Å². The van der Waals surface area contributed by atoms with Crippen molar-refractivity contribution in [3.8, 4) is 0 Å². The van der Waals surface area contributed by atoms with E-state index < -0.39 is 4.87 Å². The summed E-state index contributed by atoms with van der Waals surface area (Å²) in [6, 6.07) is 23.9. The fourth-order valence-corrected chi connectivity index (χ4v) is 4.81. The summed E-state index contributed by atoms with van der Waals surface area (Å²) in [4.78, 5) is 14.1. The van der Waals surface area contributed by atoms with Crippen LogP contribution in [0.4, 0.5) is 10.1 Å². The monoisotopic (exact) mass is 389 g/mol. The van der Waals surface area contributed by atoms with Crippen LogP contribution in [0.15, 0.2) is 84.0 Å². The maximum atomic E-state index is 14.2. The molecule has 28 heavy (non-hydrogen) atoms. The molecule has 3 aromatic rings. The van der Waals surface area contributed by atoms with Crippen molar-refractivity contribution in [3.05, 3.63) is 101 Å². The lowest BCUT2D eigenvalue weighted by atomic mass is 10.1. The van der Waals surface area contributed by atoms with Gasteiger partial charge in [0.1, 0.15) is 10.9 Å². The lowest BCUT2D eigenvalue weighted by Gasteiger charge is -2.23. The second-order valence-electron chi connectivity index (χ2n) is 6.68. The third kappa shape index (κ3) is 2.52. The quantitative estimate of drug-likeness (QED) is 0.729. The molecule has 4 nitrogen and oxygen atoms in total. The number of carbonyl (C=O) groups is 1. The van der Waals surface area contributed by atoms with Crippen LogP contribution in [0.5, 0.6) is 0 Å². The predicted molar refractivity (Wildman–Crippen MR) is 109 cm³/mol. The molecular formula is C22H16FN3OS. The van der Waals surface area contributed by atoms with E-state index in [0.29, 0.717) is 5.56 Å². The lowest BCUT2D eigenvalue weighted by molar-refractivity contribution is -0.121. The van der Waals surface area contributed by atoms with E-state index in [0.717, 1.165) is 21.9 Å². The van der Waals surface area contributed by atoms with Crippen LogP contribution >= 0.6 is 11.8 Å². The number of thioether (sulfide) groups is 1. The molecule has 1 amide bonds. The normalized spacial score (nSPS) is 20.2. The van der Waals surface area contributed by atoms with Crippen molar-refractivity contribution in [1.82, 2.24) is 5.43 Å². The van der Waals surface area contributed by atoms with Crippen molar-refractivity contribution in [2.24, 2.45) is 5.10 Å². The molecule has 2 heterocycles. The fraction of sp³-hybridized carbons (Fsp3) is 0.0909. The molecule has 0 bridgehead atoms. The summed E-state index contributed by atoms with van der Waals surface area (Å²) in [5, 5.41) is 5.22. The van der Waals surface area contributed by atoms with Gasteiger partial charge >= 0.3 is 0 Å². The van der Waals surface area contributed by atoms with E-state index in [2.05, 4.69) is 10.5 Å². The number of nitrogens with one attached hydrogen (secondary N) is 1. The zero-order valence-corrected chi connectivity index (χ0v) is 15.6. The second-order valence-corrected chi connectivity index (χ2v) is 7.88. The SMILES string of the molecule is O=C1N(Cc2ccccc2F)c2ccccc2[C@@]12NN=C(c1ccccc1)S2. The number of para-hydroxylation sites is 1. The van der Waals surface area contributed by atoms with E-state index in [-0.39, 0.29) is 18.3 Å². The molecule has 3 aromatic carbocycles. The van der Waals surface area contributed by atoms with Crippen molar-refractivity contribution in [2.45, 2.75) is 11.4 Å². The Morgan fingerprint density at radius 1 is 0.964 bits per heavy atom. The van der Waals surface area contributed by atoms with Gasteiger partial charge in [-0.15, -0.1) is 0 Å². The Labute approximate surface area is 166 Å². The van der Waals surface area contributed by atoms with E-state index in [1.807, 2.05) is 54.6 Å². The summed E-state index contributed by atoms with van der Waals surface area (Å²) in [6.45, 7) is 0.174. The van der Waals surface area contributed by atoms with E-state index in [1.54, 1.807) is 23.1 Å². The highest BCUT2D eigenvalue weighted by atomic mass is 32.2. The first-order chi connectivity index (χ1) is 13.7. The van der Waals surface area contributed by atoms with Crippen molar-refractivity contribution in [2.75, 3.05) is 4.90 Å². The summed E-state index contributed by atoms with van der Waals surface area (Å²) < 4.78 is 14.2. The Balaban J connectivity index is 1.53. The summed E-state index contributed by atoms with van der Waals surface area (Å²) in [5.74, 6) is -0.460. The molecule has 2 aliphatic rings. The molecule has 0 fully saturated rings. The van der Waals surface area contributed by atoms with Crippen LogP contribution in [0.1, 0.15) is 16.7 Å². The van der Waals surface area contributed by atoms with Crippen molar-refractivity contribution >= 4 is 28.4 Å². The molecule has 5 rings (SSSR count). The zero-order chi connectivity index (χ0) is 19.1. The minimum atomic E-state index is -1.02. The molecule has 0 saturated heterocycles. The molecule has 1 N–H and O–H groups in total. The highest BCUT2D eigenvalue weighted by Gasteiger charge is 2.55. The standard InChI is InChI=1S/C22H16FN3OS/c23-18-12-6-4-10-16(18)14-26-19-13-7-5-11-17(19)22(21(26)27)25-24-20(28-22)15-8-2-1-3-9-15/h1-13,25H,14H2/t22-/m0/s1. The molecule has 0 aliphatic carbocycles. The first-order valence-electron chi connectivity index (χ1n) is 8.93. The highest BCUT2D eigenvalue weighted by Crippen LogP contribution is 2.50. The minimum Gasteiger partial charge on any atom is -0.304 e. The third-order valence-corrected chi connectivity index (χ3v) is 6.30. The first kappa shape index (κ1) is 17.0. The number of halogens is 1. The van der Waals surface area contributed by atoms with Gasteiger partial charge in [0, 0.05) is 16.7 Å². The third-order valence-electron chi connectivity index (χ3n) is 4.99. The van der Waals surface area contributed by atoms with Gasteiger partial charge in [0.2, 0.25) is 4.87 Å². The fourth-order valence-electron chi connectivity index (χ4n) is 3.61. The number of carbonyl (C=O) groups excluding carboxylic acids is 1. The van der Waals surface area contributed by atoms with Crippen molar-refractivity contribution in [3.63, 3.8) is 0 Å². The summed E-state index contributed by atoms with van der Waals surface area (Å²) in [7, 11) is 0. The number of hydrazone groups is 1. The number of nitrogens with zero attached hydrogens (tertiary/aromatic N) is 2. The molecule has 1 atom stereocenters. The number of fused-ring (bicyclic) bond motifs is 2. The molecule has 6 heteroatoms. The maximum absolute atomic E-state index is 14.2. The van der Waals surface area contributed by atoms with Crippen molar-refractivity contribution in [1.29, 1.82) is 0 Å². The van der Waals surface area contributed by atoms with Gasteiger partial charge in [0.15, 0.2) is 0 Å². The number of hydrogen-bond acceptors (Lipinski definition) is 4. The Hall–Kier alpha value is -3.12. The second kappa shape index (κ2) is 6.49. The molecule has 138 valence electrons. The Bertz CT molecular complexity index is 1100. The molecule has 0 radical (unpaired) electrons. The van der Waals surface area contributed by atoms with Gasteiger partial charge in [-0.1, -0.05) is 78.5 Å². The molecule has 1 spiro atoms. The largest absolute Gasteiger partial charge is 0.304 e. The predicted octanol–water partition coefficient (Wildman–Crippen LogP) is 4.22. The van der Waals surface area contributed by atoms with Crippen LogP contribution in [-0.4, -0.2) is 11.0 Å². The van der Waals surface area contributed by atoms with Gasteiger partial charge in [-0.2, -0.15) is 5.10 Å². The van der Waals surface area contributed by atoms with Crippen molar-refractivity contribution < 1.29 is 9.18 Å². The Morgan fingerprint density at radius 3 is 2.50 bits per heavy atom. The van der Waals surface area contributed by atoms with Gasteiger partial charge < -0.3 is 4.90 Å². The molecule has 2 aliphatic heterocycles. The maximum Gasteiger partial charge on any atom is 0.270 e. The summed E-state index contributed by atoms with van der Waals surface area (Å²) in [6.07, 6.45) is 0. The van der Waals surface area contributed by atoms with E-state index in [1.165, 1.54) is 17.8 Å². The van der Waals surface area contributed by atoms with Crippen LogP contribution in [0, 0.1) is 5.82 Å². The zero-order valence-electron chi connectivity index (χ0n) is 14.8. The van der Waals surface area contributed by atoms with Gasteiger partial charge in [-0.25, -0.2) is 4.39 Å². The molecular weight excluding hydrogens is 373 g/mol. The van der Waals surface area contributed by atoms with Crippen LogP contribution in [-0.2, 0) is 16.2 Å². The van der Waals surface area contributed by atoms with E-state index in [9.17, 15) is 9.18 Å². The number of hydrogen-bond donors (Lipinski definition) is 1. The number of amides is 1. The Kier molecular flexibility index (Phi) is 3.94. The van der Waals surface area contributed by atoms with Gasteiger partial charge in [0.05, 0.1) is 12.2 Å². The topological polar surface area (TPSA) is 44.7 Å². The highest BCUT2D eigenvalue weighted by molar-refractivity contribution is 8.16. The molecule has 0 saturated carbocycles. The lowest BCUT2D eigenvalue weighted by Crippen LogP contribution is -2.44. The van der Waals surface area contributed by atoms with Gasteiger partial charge in [-0.3, -0.25) is 10.2 Å². The van der Waals surface area contributed by atoms with Crippen LogP contribution in [0.3, 0.4) is 0 Å². The molecule has 0 aromatic heterocycles. The average molecular weight is 389 g/mol. The number of rotatable bonds is 3. The number of benzene rings is 3. The van der Waals surface area contributed by atoms with Gasteiger partial charge in [-0.05, 0) is 12.1 Å². The average Bonchev–Trinajstić information content (AvgIpc) is 3.28. The summed E-state index contributed by atoms with van der Waals surface area (Å²) in [5.41, 5.74) is 6.14. The van der Waals surface area contributed by atoms with Gasteiger partial charge in [0.25, 0.3) is 5.91 Å².